The molecule has 0 radical (unpaired) electrons. The van der Waals surface area contributed by atoms with Gasteiger partial charge in [-0.1, -0.05) is 48.0 Å². The highest BCUT2D eigenvalue weighted by molar-refractivity contribution is 7.89. The van der Waals surface area contributed by atoms with Gasteiger partial charge in [-0.2, -0.15) is 4.31 Å². The summed E-state index contributed by atoms with van der Waals surface area (Å²) in [6.45, 7) is 7.16. The molecule has 2 N–H and O–H groups in total. The molecule has 0 aliphatic carbocycles. The van der Waals surface area contributed by atoms with Crippen LogP contribution in [0.4, 0.5) is 4.79 Å². The lowest BCUT2D eigenvalue weighted by Gasteiger charge is -2.38. The molecule has 1 fully saturated rings. The van der Waals surface area contributed by atoms with E-state index in [9.17, 15) is 18.0 Å². The van der Waals surface area contributed by atoms with Gasteiger partial charge in [0.2, 0.25) is 15.9 Å². The minimum atomic E-state index is -3.63. The summed E-state index contributed by atoms with van der Waals surface area (Å²) in [5.74, 6) is -0.437. The molecule has 9 heteroatoms. The van der Waals surface area contributed by atoms with Crippen molar-refractivity contribution in [1.29, 1.82) is 0 Å². The van der Waals surface area contributed by atoms with Gasteiger partial charge in [0.1, 0.15) is 6.04 Å². The van der Waals surface area contributed by atoms with Crippen molar-refractivity contribution in [1.82, 2.24) is 19.8 Å². The first kappa shape index (κ1) is 23.9. The first-order valence-electron chi connectivity index (χ1n) is 10.7. The SMILES string of the molecule is CCNC(=O)NC(=O)C(c1ccccc1)N1CCN(S(=O)(=O)c2ccc(C)cc2C)CC1. The number of amides is 3. The van der Waals surface area contributed by atoms with Crippen molar-refractivity contribution in [2.24, 2.45) is 0 Å². The molecule has 1 aliphatic rings. The lowest BCUT2D eigenvalue weighted by atomic mass is 10.0. The van der Waals surface area contributed by atoms with E-state index >= 15 is 0 Å². The smallest absolute Gasteiger partial charge is 0.321 e. The Morgan fingerprint density at radius 2 is 1.66 bits per heavy atom. The van der Waals surface area contributed by atoms with Gasteiger partial charge in [0.25, 0.3) is 0 Å². The van der Waals surface area contributed by atoms with Crippen LogP contribution in [0, 0.1) is 13.8 Å². The second-order valence-electron chi connectivity index (χ2n) is 7.87. The van der Waals surface area contributed by atoms with Crippen LogP contribution in [0.1, 0.15) is 29.7 Å². The molecule has 1 saturated heterocycles. The van der Waals surface area contributed by atoms with Crippen molar-refractivity contribution in [2.45, 2.75) is 31.7 Å². The second-order valence-corrected chi connectivity index (χ2v) is 9.78. The molecule has 1 unspecified atom stereocenters. The quantitative estimate of drug-likeness (QED) is 0.692. The normalized spacial score (nSPS) is 16.3. The summed E-state index contributed by atoms with van der Waals surface area (Å²) < 4.78 is 27.8. The number of benzene rings is 2. The summed E-state index contributed by atoms with van der Waals surface area (Å²) in [6, 6.07) is 13.3. The second kappa shape index (κ2) is 10.2. The topological polar surface area (TPSA) is 98.8 Å². The Morgan fingerprint density at radius 1 is 1.00 bits per heavy atom. The minimum Gasteiger partial charge on any atom is -0.338 e. The van der Waals surface area contributed by atoms with E-state index < -0.39 is 28.0 Å². The van der Waals surface area contributed by atoms with E-state index in [1.54, 1.807) is 26.0 Å². The molecule has 172 valence electrons. The first-order valence-corrected chi connectivity index (χ1v) is 12.1. The van der Waals surface area contributed by atoms with Crippen molar-refractivity contribution in [3.8, 4) is 0 Å². The van der Waals surface area contributed by atoms with Crippen LogP contribution < -0.4 is 10.6 Å². The Hall–Kier alpha value is -2.75. The van der Waals surface area contributed by atoms with E-state index in [1.165, 1.54) is 4.31 Å². The summed E-state index contributed by atoms with van der Waals surface area (Å²) in [7, 11) is -3.63. The Labute approximate surface area is 189 Å². The van der Waals surface area contributed by atoms with Gasteiger partial charge in [-0.25, -0.2) is 13.2 Å². The van der Waals surface area contributed by atoms with E-state index in [4.69, 9.17) is 0 Å². The van der Waals surface area contributed by atoms with E-state index in [2.05, 4.69) is 10.6 Å². The number of nitrogens with one attached hydrogen (secondary N) is 2. The standard InChI is InChI=1S/C23H30N4O4S/c1-4-24-23(29)25-22(28)21(19-8-6-5-7-9-19)26-12-14-27(15-13-26)32(30,31)20-11-10-17(2)16-18(20)3/h5-11,16,21H,4,12-15H2,1-3H3,(H2,24,25,28,29). The molecule has 1 atom stereocenters. The molecule has 1 heterocycles. The van der Waals surface area contributed by atoms with Gasteiger partial charge in [-0.15, -0.1) is 0 Å². The van der Waals surface area contributed by atoms with Crippen molar-refractivity contribution in [2.75, 3.05) is 32.7 Å². The maximum atomic E-state index is 13.2. The van der Waals surface area contributed by atoms with Crippen molar-refractivity contribution in [3.05, 3.63) is 65.2 Å². The number of rotatable bonds is 6. The molecular weight excluding hydrogens is 428 g/mol. The number of hydrogen-bond acceptors (Lipinski definition) is 5. The first-order chi connectivity index (χ1) is 15.2. The Balaban J connectivity index is 1.77. The average molecular weight is 459 g/mol. The van der Waals surface area contributed by atoms with Gasteiger partial charge < -0.3 is 5.32 Å². The fraction of sp³-hybridized carbons (Fsp3) is 0.391. The molecule has 0 aromatic heterocycles. The molecule has 8 nitrogen and oxygen atoms in total. The predicted molar refractivity (Wildman–Crippen MR) is 123 cm³/mol. The van der Waals surface area contributed by atoms with E-state index in [1.807, 2.05) is 48.2 Å². The molecule has 0 spiro atoms. The van der Waals surface area contributed by atoms with Gasteiger partial charge in [-0.3, -0.25) is 15.0 Å². The van der Waals surface area contributed by atoms with Gasteiger partial charge in [0.05, 0.1) is 4.90 Å². The van der Waals surface area contributed by atoms with Crippen LogP contribution in [0.25, 0.3) is 0 Å². The average Bonchev–Trinajstić information content (AvgIpc) is 2.75. The number of imide groups is 1. The highest BCUT2D eigenvalue weighted by Gasteiger charge is 2.35. The van der Waals surface area contributed by atoms with Crippen molar-refractivity contribution < 1.29 is 18.0 Å². The Kier molecular flexibility index (Phi) is 7.65. The number of urea groups is 1. The Bertz CT molecular complexity index is 1060. The number of sulfonamides is 1. The van der Waals surface area contributed by atoms with Crippen LogP contribution in [0.3, 0.4) is 0 Å². The van der Waals surface area contributed by atoms with Crippen molar-refractivity contribution in [3.63, 3.8) is 0 Å². The summed E-state index contributed by atoms with van der Waals surface area (Å²) in [5, 5.41) is 4.96. The van der Waals surface area contributed by atoms with Crippen LogP contribution in [0.2, 0.25) is 0 Å². The number of piperazine rings is 1. The van der Waals surface area contributed by atoms with Crippen molar-refractivity contribution >= 4 is 22.0 Å². The summed E-state index contributed by atoms with van der Waals surface area (Å²) in [4.78, 5) is 27.1. The summed E-state index contributed by atoms with van der Waals surface area (Å²) in [5.41, 5.74) is 2.48. The zero-order valence-electron chi connectivity index (χ0n) is 18.7. The molecule has 1 aliphatic heterocycles. The summed E-state index contributed by atoms with van der Waals surface area (Å²) >= 11 is 0. The summed E-state index contributed by atoms with van der Waals surface area (Å²) in [6.07, 6.45) is 0. The molecule has 32 heavy (non-hydrogen) atoms. The lowest BCUT2D eigenvalue weighted by Crippen LogP contribution is -2.53. The van der Waals surface area contributed by atoms with Gasteiger partial charge in [-0.05, 0) is 38.0 Å². The minimum absolute atomic E-state index is 0.257. The molecule has 0 bridgehead atoms. The predicted octanol–water partition coefficient (Wildman–Crippen LogP) is 2.20. The third kappa shape index (κ3) is 5.35. The lowest BCUT2D eigenvalue weighted by molar-refractivity contribution is -0.126. The van der Waals surface area contributed by atoms with Gasteiger partial charge in [0.15, 0.2) is 0 Å². The Morgan fingerprint density at radius 3 is 2.25 bits per heavy atom. The van der Waals surface area contributed by atoms with Crippen LogP contribution >= 0.6 is 0 Å². The maximum absolute atomic E-state index is 13.2. The van der Waals surface area contributed by atoms with E-state index in [0.29, 0.717) is 24.5 Å². The highest BCUT2D eigenvalue weighted by Crippen LogP contribution is 2.26. The number of aryl methyl sites for hydroxylation is 2. The molecular formula is C23H30N4O4S. The van der Waals surface area contributed by atoms with E-state index in [0.717, 1.165) is 16.7 Å². The monoisotopic (exact) mass is 458 g/mol. The molecule has 2 aromatic carbocycles. The van der Waals surface area contributed by atoms with E-state index in [-0.39, 0.29) is 13.1 Å². The number of carbonyl (C=O) groups excluding carboxylic acids is 2. The maximum Gasteiger partial charge on any atom is 0.321 e. The highest BCUT2D eigenvalue weighted by atomic mass is 32.2. The van der Waals surface area contributed by atoms with Crippen LogP contribution in [-0.2, 0) is 14.8 Å². The fourth-order valence-corrected chi connectivity index (χ4v) is 5.61. The molecule has 3 amide bonds. The number of nitrogens with zero attached hydrogens (tertiary/aromatic N) is 2. The largest absolute Gasteiger partial charge is 0.338 e. The third-order valence-electron chi connectivity index (χ3n) is 5.52. The zero-order chi connectivity index (χ0) is 23.3. The van der Waals surface area contributed by atoms with Crippen LogP contribution in [-0.4, -0.2) is 62.3 Å². The molecule has 2 aromatic rings. The molecule has 0 saturated carbocycles. The zero-order valence-corrected chi connectivity index (χ0v) is 19.5. The van der Waals surface area contributed by atoms with Crippen LogP contribution in [0.15, 0.2) is 53.4 Å². The van der Waals surface area contributed by atoms with Gasteiger partial charge in [0, 0.05) is 32.7 Å². The molecule has 3 rings (SSSR count). The number of hydrogen-bond donors (Lipinski definition) is 2. The van der Waals surface area contributed by atoms with Gasteiger partial charge >= 0.3 is 6.03 Å². The third-order valence-corrected chi connectivity index (χ3v) is 7.58. The fourth-order valence-electron chi connectivity index (χ4n) is 3.98. The van der Waals surface area contributed by atoms with Crippen LogP contribution in [0.5, 0.6) is 0 Å². The number of carbonyl (C=O) groups is 2.